The molecule has 0 atom stereocenters. The summed E-state index contributed by atoms with van der Waals surface area (Å²) in [6.45, 7) is -2.23. The molecule has 0 bridgehead atoms. The molecule has 0 saturated heterocycles. The van der Waals surface area contributed by atoms with E-state index in [4.69, 9.17) is 0 Å². The number of alkyl halides is 3. The first kappa shape index (κ1) is 29.8. The standard InChI is InChI=1S/C19H22F3N7O8S/c1-29(2)16-24-15(26-18(27-16)37-9-19(20,21)22)25-17(32)28-38(33,34)13-10(14(31)36-4)6-5-7-11(13)23-8-12(30)35-3/h5-7,23H,8-9H2,1-4H3,(H2,24,25,26,27,28,32). The third-order valence-electron chi connectivity index (χ3n) is 4.16. The summed E-state index contributed by atoms with van der Waals surface area (Å²) in [5, 5.41) is 4.44. The van der Waals surface area contributed by atoms with Gasteiger partial charge in [-0.3, -0.25) is 10.1 Å². The van der Waals surface area contributed by atoms with Gasteiger partial charge in [0.05, 0.1) is 25.5 Å². The average Bonchev–Trinajstić information content (AvgIpc) is 2.84. The summed E-state index contributed by atoms with van der Waals surface area (Å²) in [4.78, 5) is 47.7. The van der Waals surface area contributed by atoms with Crippen LogP contribution in [0.2, 0.25) is 0 Å². The molecule has 1 heterocycles. The Bertz CT molecular complexity index is 1310. The lowest BCUT2D eigenvalue weighted by atomic mass is 10.2. The lowest BCUT2D eigenvalue weighted by Gasteiger charge is -2.16. The van der Waals surface area contributed by atoms with Crippen molar-refractivity contribution in [2.75, 3.05) is 57.0 Å². The maximum Gasteiger partial charge on any atom is 0.422 e. The molecule has 0 aliphatic carbocycles. The number of nitrogens with zero attached hydrogens (tertiary/aromatic N) is 4. The maximum atomic E-state index is 13.1. The zero-order valence-corrected chi connectivity index (χ0v) is 21.1. The predicted molar refractivity (Wildman–Crippen MR) is 123 cm³/mol. The number of amides is 2. The zero-order valence-electron chi connectivity index (χ0n) is 20.2. The van der Waals surface area contributed by atoms with E-state index >= 15 is 0 Å². The number of esters is 2. The molecule has 0 radical (unpaired) electrons. The van der Waals surface area contributed by atoms with Gasteiger partial charge in [0.1, 0.15) is 11.4 Å². The van der Waals surface area contributed by atoms with Crippen molar-refractivity contribution in [3.63, 3.8) is 0 Å². The van der Waals surface area contributed by atoms with E-state index in [0.717, 1.165) is 20.3 Å². The van der Waals surface area contributed by atoms with Crippen molar-refractivity contribution in [3.8, 4) is 6.01 Å². The number of urea groups is 1. The molecule has 15 nitrogen and oxygen atoms in total. The van der Waals surface area contributed by atoms with Crippen LogP contribution in [0.15, 0.2) is 23.1 Å². The van der Waals surface area contributed by atoms with Crippen molar-refractivity contribution in [3.05, 3.63) is 23.8 Å². The molecular weight excluding hydrogens is 543 g/mol. The molecule has 0 saturated carbocycles. The van der Waals surface area contributed by atoms with Crippen LogP contribution in [0.1, 0.15) is 10.4 Å². The highest BCUT2D eigenvalue weighted by atomic mass is 32.2. The minimum atomic E-state index is -4.86. The Morgan fingerprint density at radius 2 is 1.74 bits per heavy atom. The SMILES string of the molecule is COC(=O)CNc1cccc(C(=O)OC)c1S(=O)(=O)NC(=O)Nc1nc(OCC(F)(F)F)nc(N(C)C)n1. The number of sulfonamides is 1. The molecular formula is C19H22F3N7O8S. The topological polar surface area (TPSA) is 191 Å². The van der Waals surface area contributed by atoms with E-state index in [-0.39, 0.29) is 11.6 Å². The number of aromatic nitrogens is 3. The van der Waals surface area contributed by atoms with E-state index in [9.17, 15) is 36.0 Å². The number of anilines is 3. The summed E-state index contributed by atoms with van der Waals surface area (Å²) in [6, 6.07) is 1.34. The van der Waals surface area contributed by atoms with Gasteiger partial charge in [-0.1, -0.05) is 6.07 Å². The molecule has 38 heavy (non-hydrogen) atoms. The molecule has 0 fully saturated rings. The fourth-order valence-corrected chi connectivity index (χ4v) is 3.86. The summed E-state index contributed by atoms with van der Waals surface area (Å²) in [7, 11) is 0.106. The van der Waals surface area contributed by atoms with Crippen LogP contribution in [0.3, 0.4) is 0 Å². The molecule has 208 valence electrons. The van der Waals surface area contributed by atoms with Crippen LogP contribution >= 0.6 is 0 Å². The van der Waals surface area contributed by atoms with Crippen LogP contribution in [0, 0.1) is 0 Å². The minimum absolute atomic E-state index is 0.222. The third-order valence-corrected chi connectivity index (χ3v) is 5.59. The Morgan fingerprint density at radius 3 is 2.32 bits per heavy atom. The summed E-state index contributed by atoms with van der Waals surface area (Å²) in [5.41, 5.74) is -0.739. The van der Waals surface area contributed by atoms with Gasteiger partial charge in [-0.25, -0.2) is 22.7 Å². The van der Waals surface area contributed by atoms with Gasteiger partial charge in [-0.2, -0.15) is 28.1 Å². The predicted octanol–water partition coefficient (Wildman–Crippen LogP) is 0.761. The number of carbonyl (C=O) groups excluding carboxylic acids is 3. The summed E-state index contributed by atoms with van der Waals surface area (Å²) in [5.74, 6) is -2.72. The smallest absolute Gasteiger partial charge is 0.422 e. The van der Waals surface area contributed by atoms with E-state index < -0.39 is 69.7 Å². The lowest BCUT2D eigenvalue weighted by Crippen LogP contribution is -2.36. The number of nitrogens with one attached hydrogen (secondary N) is 3. The summed E-state index contributed by atoms with van der Waals surface area (Å²) in [6.07, 6.45) is -4.71. The first-order valence-electron chi connectivity index (χ1n) is 10.2. The number of methoxy groups -OCH3 is 2. The summed E-state index contributed by atoms with van der Waals surface area (Å²) >= 11 is 0. The van der Waals surface area contributed by atoms with Crippen LogP contribution in [-0.2, 0) is 24.3 Å². The van der Waals surface area contributed by atoms with Crippen LogP contribution < -0.4 is 25.0 Å². The van der Waals surface area contributed by atoms with Crippen LogP contribution in [0.25, 0.3) is 0 Å². The summed E-state index contributed by atoms with van der Waals surface area (Å²) < 4.78 is 78.9. The molecule has 0 spiro atoms. The van der Waals surface area contributed by atoms with Gasteiger partial charge in [0, 0.05) is 14.1 Å². The van der Waals surface area contributed by atoms with Gasteiger partial charge in [-0.05, 0) is 12.1 Å². The van der Waals surface area contributed by atoms with Crippen LogP contribution in [0.4, 0.5) is 35.5 Å². The van der Waals surface area contributed by atoms with Crippen molar-refractivity contribution >= 4 is 45.6 Å². The number of ether oxygens (including phenoxy) is 3. The zero-order chi connectivity index (χ0) is 28.7. The monoisotopic (exact) mass is 565 g/mol. The molecule has 2 aromatic rings. The second-order valence-corrected chi connectivity index (χ2v) is 8.82. The van der Waals surface area contributed by atoms with E-state index in [1.54, 1.807) is 4.72 Å². The van der Waals surface area contributed by atoms with Gasteiger partial charge in [0.25, 0.3) is 10.0 Å². The number of halogens is 3. The van der Waals surface area contributed by atoms with Gasteiger partial charge >= 0.3 is 30.2 Å². The Kier molecular flexibility index (Phi) is 9.58. The van der Waals surface area contributed by atoms with Gasteiger partial charge in [-0.15, -0.1) is 0 Å². The van der Waals surface area contributed by atoms with Crippen molar-refractivity contribution in [1.82, 2.24) is 19.7 Å². The van der Waals surface area contributed by atoms with Crippen molar-refractivity contribution in [1.29, 1.82) is 0 Å². The molecule has 2 rings (SSSR count). The van der Waals surface area contributed by atoms with E-state index in [2.05, 4.69) is 34.5 Å². The number of hydrogen-bond donors (Lipinski definition) is 3. The highest BCUT2D eigenvalue weighted by Gasteiger charge is 2.31. The highest BCUT2D eigenvalue weighted by Crippen LogP contribution is 2.26. The molecule has 0 aliphatic rings. The van der Waals surface area contributed by atoms with Crippen molar-refractivity contribution in [2.24, 2.45) is 0 Å². The first-order chi connectivity index (χ1) is 17.7. The van der Waals surface area contributed by atoms with Crippen LogP contribution in [-0.4, -0.2) is 89.0 Å². The van der Waals surface area contributed by atoms with E-state index in [0.29, 0.717) is 0 Å². The van der Waals surface area contributed by atoms with Gasteiger partial charge in [0.15, 0.2) is 6.61 Å². The second kappa shape index (κ2) is 12.2. The highest BCUT2D eigenvalue weighted by molar-refractivity contribution is 7.90. The largest absolute Gasteiger partial charge is 0.468 e. The quantitative estimate of drug-likeness (QED) is 0.343. The van der Waals surface area contributed by atoms with Crippen molar-refractivity contribution < 1.29 is 50.2 Å². The Morgan fingerprint density at radius 1 is 1.05 bits per heavy atom. The Balaban J connectivity index is 2.38. The Hall–Kier alpha value is -4.42. The molecule has 19 heteroatoms. The normalized spacial score (nSPS) is 11.2. The molecule has 2 amide bonds. The number of benzene rings is 1. The fraction of sp³-hybridized carbons (Fsp3) is 0.368. The van der Waals surface area contributed by atoms with E-state index in [1.807, 2.05) is 5.32 Å². The second-order valence-electron chi connectivity index (χ2n) is 7.20. The number of carbonyl (C=O) groups is 3. The Labute approximate surface area is 213 Å². The molecule has 1 aromatic heterocycles. The third kappa shape index (κ3) is 8.32. The van der Waals surface area contributed by atoms with Gasteiger partial charge in [0.2, 0.25) is 11.9 Å². The van der Waals surface area contributed by atoms with Gasteiger partial charge < -0.3 is 24.4 Å². The average molecular weight is 565 g/mol. The van der Waals surface area contributed by atoms with Crippen LogP contribution in [0.5, 0.6) is 6.01 Å². The minimum Gasteiger partial charge on any atom is -0.468 e. The maximum absolute atomic E-state index is 13.1. The molecule has 3 N–H and O–H groups in total. The first-order valence-corrected chi connectivity index (χ1v) is 11.6. The molecule has 1 aromatic carbocycles. The van der Waals surface area contributed by atoms with E-state index in [1.165, 1.54) is 31.1 Å². The molecule has 0 unspecified atom stereocenters. The van der Waals surface area contributed by atoms with Crippen molar-refractivity contribution in [2.45, 2.75) is 11.1 Å². The molecule has 0 aliphatic heterocycles. The number of hydrogen-bond acceptors (Lipinski definition) is 13. The fourth-order valence-electron chi connectivity index (χ4n) is 2.59. The lowest BCUT2D eigenvalue weighted by molar-refractivity contribution is -0.154. The number of rotatable bonds is 10.